The lowest BCUT2D eigenvalue weighted by atomic mass is 9.97. The Labute approximate surface area is 133 Å². The van der Waals surface area contributed by atoms with E-state index in [1.54, 1.807) is 0 Å². The molecule has 22 heavy (non-hydrogen) atoms. The molecule has 2 rings (SSSR count). The Bertz CT molecular complexity index is 565. The number of rotatable bonds is 7. The molecule has 2 heteroatoms. The van der Waals surface area contributed by atoms with Crippen LogP contribution in [-0.4, -0.2) is 11.9 Å². The predicted molar refractivity (Wildman–Crippen MR) is 91.8 cm³/mol. The summed E-state index contributed by atoms with van der Waals surface area (Å²) in [6.07, 6.45) is 2.51. The monoisotopic (exact) mass is 295 g/mol. The number of carbonyl (C=O) groups excluding carboxylic acids is 1. The highest BCUT2D eigenvalue weighted by molar-refractivity contribution is 5.77. The van der Waals surface area contributed by atoms with Gasteiger partial charge in [-0.25, -0.2) is 0 Å². The van der Waals surface area contributed by atoms with Gasteiger partial charge in [0.1, 0.15) is 0 Å². The quantitative estimate of drug-likeness (QED) is 0.810. The molecule has 0 spiro atoms. The van der Waals surface area contributed by atoms with E-state index in [1.807, 2.05) is 24.3 Å². The fourth-order valence-electron chi connectivity index (χ4n) is 2.61. The fourth-order valence-corrected chi connectivity index (χ4v) is 2.61. The maximum Gasteiger partial charge on any atom is 0.220 e. The highest BCUT2D eigenvalue weighted by Gasteiger charge is 2.13. The van der Waals surface area contributed by atoms with Gasteiger partial charge >= 0.3 is 0 Å². The first-order valence-electron chi connectivity index (χ1n) is 8.03. The molecule has 0 aliphatic rings. The van der Waals surface area contributed by atoms with Gasteiger partial charge in [0.2, 0.25) is 5.91 Å². The predicted octanol–water partition coefficient (Wildman–Crippen LogP) is 4.32. The Morgan fingerprint density at radius 3 is 2.18 bits per heavy atom. The van der Waals surface area contributed by atoms with E-state index in [0.717, 1.165) is 12.8 Å². The van der Waals surface area contributed by atoms with Crippen molar-refractivity contribution < 1.29 is 4.79 Å². The molecular formula is C20H25NO. The average molecular weight is 295 g/mol. The minimum absolute atomic E-state index is 0.136. The van der Waals surface area contributed by atoms with Crippen molar-refractivity contribution in [2.75, 3.05) is 0 Å². The van der Waals surface area contributed by atoms with Crippen LogP contribution in [0.1, 0.15) is 43.7 Å². The van der Waals surface area contributed by atoms with Gasteiger partial charge in [-0.15, -0.1) is 0 Å². The largest absolute Gasteiger partial charge is 0.354 e. The van der Waals surface area contributed by atoms with E-state index >= 15 is 0 Å². The zero-order valence-corrected chi connectivity index (χ0v) is 13.5. The molecule has 0 saturated carbocycles. The summed E-state index contributed by atoms with van der Waals surface area (Å²) in [7, 11) is 0. The third-order valence-corrected chi connectivity index (χ3v) is 3.98. The minimum atomic E-state index is 0.136. The molecule has 0 unspecified atom stereocenters. The van der Waals surface area contributed by atoms with E-state index in [9.17, 15) is 4.79 Å². The SMILES string of the molecule is C[C@H](CC(=O)N[C@@H](C)CCc1ccccc1)c1ccccc1. The molecule has 0 saturated heterocycles. The summed E-state index contributed by atoms with van der Waals surface area (Å²) in [5.41, 5.74) is 2.54. The molecule has 0 aliphatic carbocycles. The molecule has 1 amide bonds. The van der Waals surface area contributed by atoms with Gasteiger partial charge in [-0.05, 0) is 36.8 Å². The lowest BCUT2D eigenvalue weighted by Crippen LogP contribution is -2.33. The second-order valence-electron chi connectivity index (χ2n) is 6.01. The summed E-state index contributed by atoms with van der Waals surface area (Å²) >= 11 is 0. The fraction of sp³-hybridized carbons (Fsp3) is 0.350. The van der Waals surface area contributed by atoms with E-state index in [0.29, 0.717) is 6.42 Å². The van der Waals surface area contributed by atoms with Crippen molar-refractivity contribution in [3.05, 3.63) is 71.8 Å². The molecule has 2 atom stereocenters. The van der Waals surface area contributed by atoms with Gasteiger partial charge < -0.3 is 5.32 Å². The highest BCUT2D eigenvalue weighted by atomic mass is 16.1. The Morgan fingerprint density at radius 1 is 0.955 bits per heavy atom. The molecule has 0 heterocycles. The average Bonchev–Trinajstić information content (AvgIpc) is 2.54. The smallest absolute Gasteiger partial charge is 0.220 e. The molecule has 2 aromatic carbocycles. The van der Waals surface area contributed by atoms with Crippen molar-refractivity contribution in [3.63, 3.8) is 0 Å². The molecule has 0 fully saturated rings. The van der Waals surface area contributed by atoms with Gasteiger partial charge in [0, 0.05) is 12.5 Å². The molecule has 2 nitrogen and oxygen atoms in total. The first-order chi connectivity index (χ1) is 10.6. The second kappa shape index (κ2) is 8.38. The summed E-state index contributed by atoms with van der Waals surface area (Å²) in [4.78, 5) is 12.1. The number of aryl methyl sites for hydroxylation is 1. The molecule has 1 N–H and O–H groups in total. The van der Waals surface area contributed by atoms with Gasteiger partial charge in [-0.2, -0.15) is 0 Å². The third-order valence-electron chi connectivity index (χ3n) is 3.98. The summed E-state index contributed by atoms with van der Waals surface area (Å²) in [5.74, 6) is 0.388. The summed E-state index contributed by atoms with van der Waals surface area (Å²) in [6.45, 7) is 4.18. The van der Waals surface area contributed by atoms with Crippen molar-refractivity contribution in [1.82, 2.24) is 5.32 Å². The van der Waals surface area contributed by atoms with Gasteiger partial charge in [0.05, 0.1) is 0 Å². The Balaban J connectivity index is 1.74. The minimum Gasteiger partial charge on any atom is -0.354 e. The van der Waals surface area contributed by atoms with Crippen molar-refractivity contribution in [2.24, 2.45) is 0 Å². The summed E-state index contributed by atoms with van der Waals surface area (Å²) in [5, 5.41) is 3.11. The van der Waals surface area contributed by atoms with Crippen LogP contribution in [-0.2, 0) is 11.2 Å². The lowest BCUT2D eigenvalue weighted by Gasteiger charge is -2.16. The number of hydrogen-bond donors (Lipinski definition) is 1. The van der Waals surface area contributed by atoms with Crippen LogP contribution in [0.15, 0.2) is 60.7 Å². The number of carbonyl (C=O) groups is 1. The van der Waals surface area contributed by atoms with Crippen LogP contribution in [0, 0.1) is 0 Å². The topological polar surface area (TPSA) is 29.1 Å². The van der Waals surface area contributed by atoms with Crippen LogP contribution in [0.3, 0.4) is 0 Å². The Kier molecular flexibility index (Phi) is 6.20. The van der Waals surface area contributed by atoms with E-state index in [2.05, 4.69) is 55.6 Å². The van der Waals surface area contributed by atoms with E-state index in [1.165, 1.54) is 11.1 Å². The van der Waals surface area contributed by atoms with E-state index in [4.69, 9.17) is 0 Å². The summed E-state index contributed by atoms with van der Waals surface area (Å²) < 4.78 is 0. The zero-order chi connectivity index (χ0) is 15.8. The second-order valence-corrected chi connectivity index (χ2v) is 6.01. The maximum atomic E-state index is 12.1. The van der Waals surface area contributed by atoms with Gasteiger partial charge in [-0.3, -0.25) is 4.79 Å². The van der Waals surface area contributed by atoms with Crippen LogP contribution in [0.25, 0.3) is 0 Å². The van der Waals surface area contributed by atoms with Crippen LogP contribution in [0.2, 0.25) is 0 Å². The standard InChI is InChI=1S/C20H25NO/c1-16(19-11-7-4-8-12-19)15-20(22)21-17(2)13-14-18-9-5-3-6-10-18/h3-12,16-17H,13-15H2,1-2H3,(H,21,22)/t16-,17+/m1/s1. The van der Waals surface area contributed by atoms with Crippen LogP contribution >= 0.6 is 0 Å². The number of amides is 1. The van der Waals surface area contributed by atoms with Crippen LogP contribution in [0.4, 0.5) is 0 Å². The highest BCUT2D eigenvalue weighted by Crippen LogP contribution is 2.18. The molecule has 0 aromatic heterocycles. The first kappa shape index (κ1) is 16.3. The zero-order valence-electron chi connectivity index (χ0n) is 13.5. The number of hydrogen-bond acceptors (Lipinski definition) is 1. The molecule has 116 valence electrons. The van der Waals surface area contributed by atoms with Crippen molar-refractivity contribution in [3.8, 4) is 0 Å². The van der Waals surface area contributed by atoms with Crippen molar-refractivity contribution >= 4 is 5.91 Å². The van der Waals surface area contributed by atoms with Gasteiger partial charge in [0.15, 0.2) is 0 Å². The van der Waals surface area contributed by atoms with Gasteiger partial charge in [-0.1, -0.05) is 67.6 Å². The maximum absolute atomic E-state index is 12.1. The first-order valence-corrected chi connectivity index (χ1v) is 8.03. The van der Waals surface area contributed by atoms with Crippen LogP contribution < -0.4 is 5.32 Å². The van der Waals surface area contributed by atoms with Gasteiger partial charge in [0.25, 0.3) is 0 Å². The Hall–Kier alpha value is -2.09. The number of benzene rings is 2. The third kappa shape index (κ3) is 5.36. The lowest BCUT2D eigenvalue weighted by molar-refractivity contribution is -0.122. The normalized spacial score (nSPS) is 13.4. The Morgan fingerprint density at radius 2 is 1.55 bits per heavy atom. The summed E-state index contributed by atoms with van der Waals surface area (Å²) in [6, 6.07) is 20.8. The van der Waals surface area contributed by atoms with Crippen LogP contribution in [0.5, 0.6) is 0 Å². The molecule has 2 aromatic rings. The van der Waals surface area contributed by atoms with Crippen molar-refractivity contribution in [2.45, 2.75) is 45.1 Å². The van der Waals surface area contributed by atoms with Crippen molar-refractivity contribution in [1.29, 1.82) is 0 Å². The molecule has 0 bridgehead atoms. The number of nitrogens with one attached hydrogen (secondary N) is 1. The molecule has 0 aliphatic heterocycles. The molecule has 0 radical (unpaired) electrons. The molecular weight excluding hydrogens is 270 g/mol. The van der Waals surface area contributed by atoms with E-state index < -0.39 is 0 Å². The van der Waals surface area contributed by atoms with E-state index in [-0.39, 0.29) is 17.9 Å².